The Kier molecular flexibility index (Phi) is 1.17. The molecule has 0 unspecified atom stereocenters. The third-order valence-electron chi connectivity index (χ3n) is 3.41. The van der Waals surface area contributed by atoms with Gasteiger partial charge in [-0.25, -0.2) is 0 Å². The summed E-state index contributed by atoms with van der Waals surface area (Å²) in [5, 5.41) is 9.85. The average Bonchev–Trinajstić information content (AvgIpc) is 2.61. The van der Waals surface area contributed by atoms with E-state index in [0.29, 0.717) is 11.8 Å². The number of benzene rings is 1. The molecule has 1 fully saturated rings. The lowest BCUT2D eigenvalue weighted by Crippen LogP contribution is -2.08. The van der Waals surface area contributed by atoms with Crippen LogP contribution in [0.25, 0.3) is 0 Å². The van der Waals surface area contributed by atoms with E-state index < -0.39 is 0 Å². The summed E-state index contributed by atoms with van der Waals surface area (Å²) >= 11 is 0. The molecule has 2 bridgehead atoms. The van der Waals surface area contributed by atoms with Crippen molar-refractivity contribution in [2.75, 3.05) is 0 Å². The minimum Gasteiger partial charge on any atom is -0.392 e. The van der Waals surface area contributed by atoms with Gasteiger partial charge in [-0.3, -0.25) is 0 Å². The van der Waals surface area contributed by atoms with Gasteiger partial charge >= 0.3 is 0 Å². The summed E-state index contributed by atoms with van der Waals surface area (Å²) in [5.74, 6) is 0.900. The second-order valence-corrected chi connectivity index (χ2v) is 3.91. The molecule has 1 nitrogen and oxygen atoms in total. The van der Waals surface area contributed by atoms with Crippen molar-refractivity contribution in [3.63, 3.8) is 0 Å². The van der Waals surface area contributed by atoms with Gasteiger partial charge in [-0.15, -0.1) is 0 Å². The van der Waals surface area contributed by atoms with Gasteiger partial charge in [0, 0.05) is 11.8 Å². The van der Waals surface area contributed by atoms with Crippen LogP contribution in [0.15, 0.2) is 24.3 Å². The van der Waals surface area contributed by atoms with Crippen molar-refractivity contribution in [2.45, 2.75) is 30.8 Å². The molecule has 0 aliphatic heterocycles. The monoisotopic (exact) mass is 160 g/mol. The summed E-state index contributed by atoms with van der Waals surface area (Å²) in [7, 11) is 0. The van der Waals surface area contributed by atoms with E-state index in [0.717, 1.165) is 0 Å². The van der Waals surface area contributed by atoms with E-state index in [9.17, 15) is 5.11 Å². The van der Waals surface area contributed by atoms with Gasteiger partial charge in [0.15, 0.2) is 0 Å². The standard InChI is InChI=1S/C11H12O/c12-11-9-5-6-10(11)8-4-2-1-3-7(8)9/h1-4,9-12H,5-6H2/t9-,10-/m0/s1. The van der Waals surface area contributed by atoms with E-state index >= 15 is 0 Å². The lowest BCUT2D eigenvalue weighted by Gasteiger charge is -2.12. The third kappa shape index (κ3) is 0.632. The molecule has 0 saturated heterocycles. The summed E-state index contributed by atoms with van der Waals surface area (Å²) in [5.41, 5.74) is 2.81. The highest BCUT2D eigenvalue weighted by Crippen LogP contribution is 2.52. The Morgan fingerprint density at radius 3 is 2.00 bits per heavy atom. The maximum atomic E-state index is 9.85. The van der Waals surface area contributed by atoms with Crippen LogP contribution in [0.2, 0.25) is 0 Å². The number of hydrogen-bond acceptors (Lipinski definition) is 1. The maximum absolute atomic E-state index is 9.85. The van der Waals surface area contributed by atoms with Crippen LogP contribution in [0.1, 0.15) is 35.8 Å². The topological polar surface area (TPSA) is 20.2 Å². The average molecular weight is 160 g/mol. The van der Waals surface area contributed by atoms with Crippen LogP contribution in [0.3, 0.4) is 0 Å². The summed E-state index contributed by atoms with van der Waals surface area (Å²) in [6.07, 6.45) is 2.29. The Bertz CT molecular complexity index is 288. The van der Waals surface area contributed by atoms with E-state index in [1.165, 1.54) is 24.0 Å². The Hall–Kier alpha value is -0.820. The van der Waals surface area contributed by atoms with Crippen LogP contribution < -0.4 is 0 Å². The Labute approximate surface area is 72.0 Å². The summed E-state index contributed by atoms with van der Waals surface area (Å²) in [6, 6.07) is 8.49. The first-order valence-corrected chi connectivity index (χ1v) is 4.65. The van der Waals surface area contributed by atoms with Gasteiger partial charge in [0.2, 0.25) is 0 Å². The van der Waals surface area contributed by atoms with E-state index in [1.807, 2.05) is 0 Å². The normalized spacial score (nSPS) is 36.9. The molecule has 1 N–H and O–H groups in total. The first kappa shape index (κ1) is 6.67. The molecule has 1 aromatic rings. The molecule has 12 heavy (non-hydrogen) atoms. The molecule has 0 aromatic heterocycles. The zero-order valence-electron chi connectivity index (χ0n) is 6.90. The fourth-order valence-electron chi connectivity index (χ4n) is 2.85. The highest BCUT2D eigenvalue weighted by atomic mass is 16.3. The van der Waals surface area contributed by atoms with E-state index in [2.05, 4.69) is 24.3 Å². The summed E-state index contributed by atoms with van der Waals surface area (Å²) < 4.78 is 0. The maximum Gasteiger partial charge on any atom is 0.0677 e. The number of aliphatic hydroxyl groups excluding tert-OH is 1. The molecule has 0 spiro atoms. The van der Waals surface area contributed by atoms with Gasteiger partial charge < -0.3 is 5.11 Å². The van der Waals surface area contributed by atoms with Gasteiger partial charge in [0.1, 0.15) is 0 Å². The quantitative estimate of drug-likeness (QED) is 0.615. The zero-order chi connectivity index (χ0) is 8.13. The number of fused-ring (bicyclic) bond motifs is 5. The predicted octanol–water partition coefficient (Wildman–Crippen LogP) is 2.02. The third-order valence-corrected chi connectivity index (χ3v) is 3.41. The number of hydrogen-bond donors (Lipinski definition) is 1. The minimum absolute atomic E-state index is 0.0811. The van der Waals surface area contributed by atoms with Gasteiger partial charge in [0.25, 0.3) is 0 Å². The molecule has 2 aliphatic carbocycles. The van der Waals surface area contributed by atoms with Crippen LogP contribution in [0.4, 0.5) is 0 Å². The van der Waals surface area contributed by atoms with Crippen molar-refractivity contribution in [3.05, 3.63) is 35.4 Å². The Morgan fingerprint density at radius 1 is 1.00 bits per heavy atom. The summed E-state index contributed by atoms with van der Waals surface area (Å²) in [6.45, 7) is 0. The second kappa shape index (κ2) is 2.11. The van der Waals surface area contributed by atoms with E-state index in [-0.39, 0.29) is 6.10 Å². The highest BCUT2D eigenvalue weighted by Gasteiger charge is 2.44. The second-order valence-electron chi connectivity index (χ2n) is 3.91. The molecular formula is C11H12O. The van der Waals surface area contributed by atoms with Crippen molar-refractivity contribution in [1.29, 1.82) is 0 Å². The lowest BCUT2D eigenvalue weighted by molar-refractivity contribution is 0.159. The molecular weight excluding hydrogens is 148 g/mol. The Morgan fingerprint density at radius 2 is 1.50 bits per heavy atom. The SMILES string of the molecule is OC1[C@H]2CC[C@H]1c1ccccc12. The molecule has 1 aromatic carbocycles. The minimum atomic E-state index is -0.0811. The van der Waals surface area contributed by atoms with Gasteiger partial charge in [-0.05, 0) is 24.0 Å². The van der Waals surface area contributed by atoms with Crippen molar-refractivity contribution in [1.82, 2.24) is 0 Å². The molecule has 62 valence electrons. The van der Waals surface area contributed by atoms with Crippen LogP contribution in [0.5, 0.6) is 0 Å². The summed E-state index contributed by atoms with van der Waals surface area (Å²) in [4.78, 5) is 0. The molecule has 3 rings (SSSR count). The zero-order valence-corrected chi connectivity index (χ0v) is 6.90. The first-order chi connectivity index (χ1) is 5.88. The first-order valence-electron chi connectivity index (χ1n) is 4.65. The van der Waals surface area contributed by atoms with Crippen molar-refractivity contribution < 1.29 is 5.11 Å². The van der Waals surface area contributed by atoms with Crippen LogP contribution in [-0.4, -0.2) is 11.2 Å². The molecule has 2 atom stereocenters. The number of rotatable bonds is 0. The molecule has 1 saturated carbocycles. The Balaban J connectivity index is 2.21. The van der Waals surface area contributed by atoms with Crippen molar-refractivity contribution in [3.8, 4) is 0 Å². The predicted molar refractivity (Wildman–Crippen MR) is 47.2 cm³/mol. The van der Waals surface area contributed by atoms with Crippen molar-refractivity contribution in [2.24, 2.45) is 0 Å². The largest absolute Gasteiger partial charge is 0.392 e. The number of aliphatic hydroxyl groups is 1. The highest BCUT2D eigenvalue weighted by molar-refractivity contribution is 5.43. The molecule has 0 amide bonds. The lowest BCUT2D eigenvalue weighted by atomic mass is 9.92. The van der Waals surface area contributed by atoms with Gasteiger partial charge in [-0.2, -0.15) is 0 Å². The molecule has 1 heteroatoms. The molecule has 0 heterocycles. The fraction of sp³-hybridized carbons (Fsp3) is 0.455. The van der Waals surface area contributed by atoms with Gasteiger partial charge in [-0.1, -0.05) is 24.3 Å². The van der Waals surface area contributed by atoms with E-state index in [1.54, 1.807) is 0 Å². The molecule has 2 aliphatic rings. The fourth-order valence-corrected chi connectivity index (χ4v) is 2.85. The van der Waals surface area contributed by atoms with Gasteiger partial charge in [0.05, 0.1) is 6.10 Å². The van der Waals surface area contributed by atoms with Crippen LogP contribution in [-0.2, 0) is 0 Å². The van der Waals surface area contributed by atoms with Crippen LogP contribution in [0, 0.1) is 0 Å². The van der Waals surface area contributed by atoms with Crippen LogP contribution >= 0.6 is 0 Å². The van der Waals surface area contributed by atoms with Crippen molar-refractivity contribution >= 4 is 0 Å². The smallest absolute Gasteiger partial charge is 0.0677 e. The molecule has 0 radical (unpaired) electrons. The van der Waals surface area contributed by atoms with E-state index in [4.69, 9.17) is 0 Å².